The van der Waals surface area contributed by atoms with Gasteiger partial charge in [0.2, 0.25) is 5.91 Å². The van der Waals surface area contributed by atoms with Crippen molar-refractivity contribution in [1.82, 2.24) is 24.3 Å². The number of nitrogens with one attached hydrogen (secondary N) is 1. The van der Waals surface area contributed by atoms with Crippen LogP contribution in [0.15, 0.2) is 53.9 Å². The highest BCUT2D eigenvalue weighted by molar-refractivity contribution is 7.99. The number of rotatable bonds is 7. The predicted molar refractivity (Wildman–Crippen MR) is 128 cm³/mol. The Bertz CT molecular complexity index is 1370. The van der Waals surface area contributed by atoms with Crippen molar-refractivity contribution < 1.29 is 9.18 Å². The van der Waals surface area contributed by atoms with E-state index in [1.54, 1.807) is 29.1 Å². The van der Waals surface area contributed by atoms with E-state index in [4.69, 9.17) is 0 Å². The van der Waals surface area contributed by atoms with Crippen LogP contribution in [-0.2, 0) is 11.3 Å². The molecular formula is C24H22FN7OS. The number of nitriles is 1. The number of carbonyl (C=O) groups is 1. The lowest BCUT2D eigenvalue weighted by Gasteiger charge is -2.13. The summed E-state index contributed by atoms with van der Waals surface area (Å²) < 4.78 is 17.1. The number of thioether (sulfide) groups is 1. The molecule has 8 nitrogen and oxygen atoms in total. The second-order valence-electron chi connectivity index (χ2n) is 7.48. The van der Waals surface area contributed by atoms with Crippen molar-refractivity contribution in [2.75, 3.05) is 11.1 Å². The smallest absolute Gasteiger partial charge is 0.236 e. The normalized spacial score (nSPS) is 10.8. The van der Waals surface area contributed by atoms with Crippen LogP contribution in [0.1, 0.15) is 23.7 Å². The van der Waals surface area contributed by atoms with Gasteiger partial charge >= 0.3 is 0 Å². The Balaban J connectivity index is 1.57. The van der Waals surface area contributed by atoms with E-state index in [9.17, 15) is 14.4 Å². The second-order valence-corrected chi connectivity index (χ2v) is 8.42. The quantitative estimate of drug-likeness (QED) is 0.395. The zero-order chi connectivity index (χ0) is 24.2. The summed E-state index contributed by atoms with van der Waals surface area (Å²) in [7, 11) is 0. The van der Waals surface area contributed by atoms with E-state index in [2.05, 4.69) is 26.6 Å². The van der Waals surface area contributed by atoms with E-state index in [0.717, 1.165) is 16.8 Å². The number of carbonyl (C=O) groups excluding carboxylic acids is 1. The largest absolute Gasteiger partial charge is 0.310 e. The van der Waals surface area contributed by atoms with E-state index in [1.807, 2.05) is 37.5 Å². The third kappa shape index (κ3) is 4.43. The first-order valence-corrected chi connectivity index (χ1v) is 11.6. The average molecular weight is 476 g/mol. The molecule has 10 heteroatoms. The van der Waals surface area contributed by atoms with Gasteiger partial charge in [0, 0.05) is 35.9 Å². The second kappa shape index (κ2) is 9.89. The minimum absolute atomic E-state index is 0.0754. The number of nitrogens with zero attached hydrogens (tertiary/aromatic N) is 6. The van der Waals surface area contributed by atoms with Crippen LogP contribution in [0.25, 0.3) is 17.1 Å². The number of benzene rings is 1. The lowest BCUT2D eigenvalue weighted by molar-refractivity contribution is -0.113. The van der Waals surface area contributed by atoms with E-state index in [0.29, 0.717) is 34.6 Å². The van der Waals surface area contributed by atoms with Crippen molar-refractivity contribution in [3.8, 4) is 23.1 Å². The van der Waals surface area contributed by atoms with E-state index < -0.39 is 0 Å². The molecule has 1 aromatic carbocycles. The summed E-state index contributed by atoms with van der Waals surface area (Å²) in [6.07, 6.45) is 3.38. The van der Waals surface area contributed by atoms with E-state index >= 15 is 0 Å². The monoisotopic (exact) mass is 475 g/mol. The van der Waals surface area contributed by atoms with Crippen molar-refractivity contribution in [2.24, 2.45) is 0 Å². The number of hydrogen-bond acceptors (Lipinski definition) is 6. The third-order valence-corrected chi connectivity index (χ3v) is 6.44. The van der Waals surface area contributed by atoms with Gasteiger partial charge in [-0.1, -0.05) is 11.8 Å². The minimum Gasteiger partial charge on any atom is -0.310 e. The predicted octanol–water partition coefficient (Wildman–Crippen LogP) is 4.51. The fourth-order valence-electron chi connectivity index (χ4n) is 3.67. The van der Waals surface area contributed by atoms with Crippen LogP contribution in [0.5, 0.6) is 0 Å². The number of amides is 1. The Hall–Kier alpha value is -3.97. The van der Waals surface area contributed by atoms with Gasteiger partial charge in [-0.15, -0.1) is 10.2 Å². The Kier molecular flexibility index (Phi) is 6.75. The van der Waals surface area contributed by atoms with Gasteiger partial charge < -0.3 is 9.88 Å². The topological polar surface area (TPSA) is 101 Å². The molecule has 0 aliphatic rings. The van der Waals surface area contributed by atoms with Gasteiger partial charge in [-0.2, -0.15) is 5.26 Å². The number of halogens is 1. The van der Waals surface area contributed by atoms with Crippen LogP contribution in [0.3, 0.4) is 0 Å². The summed E-state index contributed by atoms with van der Waals surface area (Å²) in [4.78, 5) is 16.9. The molecule has 0 radical (unpaired) electrons. The van der Waals surface area contributed by atoms with Gasteiger partial charge in [-0.25, -0.2) is 4.39 Å². The van der Waals surface area contributed by atoms with Gasteiger partial charge in [0.25, 0.3) is 0 Å². The first-order chi connectivity index (χ1) is 16.4. The number of hydrogen-bond donors (Lipinski definition) is 1. The van der Waals surface area contributed by atoms with Gasteiger partial charge in [0.15, 0.2) is 11.0 Å². The molecule has 0 atom stereocenters. The number of pyridine rings is 1. The summed E-state index contributed by atoms with van der Waals surface area (Å²) in [5, 5.41) is 21.7. The average Bonchev–Trinajstić information content (AvgIpc) is 3.37. The molecule has 34 heavy (non-hydrogen) atoms. The highest BCUT2D eigenvalue weighted by Crippen LogP contribution is 2.30. The Labute approximate surface area is 200 Å². The molecule has 3 aromatic heterocycles. The molecule has 1 amide bonds. The first kappa shape index (κ1) is 23.2. The molecule has 3 heterocycles. The maximum absolute atomic E-state index is 13.4. The lowest BCUT2D eigenvalue weighted by Crippen LogP contribution is -2.18. The molecule has 0 saturated heterocycles. The molecule has 0 aliphatic heterocycles. The lowest BCUT2D eigenvalue weighted by atomic mass is 10.2. The molecule has 0 aliphatic carbocycles. The van der Waals surface area contributed by atoms with Crippen LogP contribution in [0.4, 0.5) is 10.2 Å². The fraction of sp³-hybridized carbons (Fsp3) is 0.208. The third-order valence-electron chi connectivity index (χ3n) is 5.47. The van der Waals surface area contributed by atoms with Gasteiger partial charge in [0.05, 0.1) is 11.3 Å². The fourth-order valence-corrected chi connectivity index (χ4v) is 4.47. The maximum atomic E-state index is 13.4. The standard InChI is InChI=1S/C24H22FN7OS/c1-4-31-22(17-9-11-27-12-10-17)29-30-24(31)34-14-21(33)28-23-20(13-26)15(2)16(3)32(23)19-7-5-18(25)6-8-19/h5-12H,4,14H2,1-3H3,(H,28,33). The van der Waals surface area contributed by atoms with Crippen molar-refractivity contribution in [3.63, 3.8) is 0 Å². The summed E-state index contributed by atoms with van der Waals surface area (Å²) in [6, 6.07) is 11.8. The van der Waals surface area contributed by atoms with E-state index in [1.165, 1.54) is 23.9 Å². The number of aromatic nitrogens is 5. The first-order valence-electron chi connectivity index (χ1n) is 10.6. The van der Waals surface area contributed by atoms with Crippen LogP contribution >= 0.6 is 11.8 Å². The molecule has 4 rings (SSSR count). The van der Waals surface area contributed by atoms with Crippen molar-refractivity contribution in [3.05, 3.63) is 71.4 Å². The van der Waals surface area contributed by atoms with E-state index in [-0.39, 0.29) is 17.5 Å². The Morgan fingerprint density at radius 3 is 2.50 bits per heavy atom. The van der Waals surface area contributed by atoms with Crippen LogP contribution in [0.2, 0.25) is 0 Å². The zero-order valence-corrected chi connectivity index (χ0v) is 19.7. The van der Waals surface area contributed by atoms with Crippen molar-refractivity contribution >= 4 is 23.5 Å². The van der Waals surface area contributed by atoms with Gasteiger partial charge in [0.1, 0.15) is 17.7 Å². The van der Waals surface area contributed by atoms with Gasteiger partial charge in [-0.3, -0.25) is 14.3 Å². The molecule has 1 N–H and O–H groups in total. The van der Waals surface area contributed by atoms with Gasteiger partial charge in [-0.05, 0) is 62.7 Å². The highest BCUT2D eigenvalue weighted by Gasteiger charge is 2.21. The zero-order valence-electron chi connectivity index (χ0n) is 18.9. The molecule has 0 bridgehead atoms. The molecule has 172 valence electrons. The summed E-state index contributed by atoms with van der Waals surface area (Å²) >= 11 is 1.26. The minimum atomic E-state index is -0.362. The number of anilines is 1. The molecule has 4 aromatic rings. The molecule has 0 saturated carbocycles. The molecule has 0 unspecified atom stereocenters. The SMILES string of the molecule is CCn1c(SCC(=O)Nc2c(C#N)c(C)c(C)n2-c2ccc(F)cc2)nnc1-c1ccncc1. The van der Waals surface area contributed by atoms with Crippen LogP contribution < -0.4 is 5.32 Å². The Morgan fingerprint density at radius 1 is 1.15 bits per heavy atom. The molecule has 0 fully saturated rings. The molecular weight excluding hydrogens is 453 g/mol. The van der Waals surface area contributed by atoms with Crippen LogP contribution in [-0.4, -0.2) is 36.0 Å². The molecule has 0 spiro atoms. The summed E-state index contributed by atoms with van der Waals surface area (Å²) in [5.41, 5.74) is 3.46. The van der Waals surface area contributed by atoms with Crippen molar-refractivity contribution in [2.45, 2.75) is 32.5 Å². The van der Waals surface area contributed by atoms with Crippen LogP contribution in [0, 0.1) is 31.0 Å². The Morgan fingerprint density at radius 2 is 1.85 bits per heavy atom. The summed E-state index contributed by atoms with van der Waals surface area (Å²) in [5.74, 6) is 0.490. The maximum Gasteiger partial charge on any atom is 0.236 e. The summed E-state index contributed by atoms with van der Waals surface area (Å²) in [6.45, 7) is 6.30. The van der Waals surface area contributed by atoms with Crippen molar-refractivity contribution in [1.29, 1.82) is 5.26 Å². The highest BCUT2D eigenvalue weighted by atomic mass is 32.2.